The van der Waals surface area contributed by atoms with Crippen LogP contribution in [-0.2, 0) is 6.42 Å². The summed E-state index contributed by atoms with van der Waals surface area (Å²) in [6.45, 7) is 6.34. The van der Waals surface area contributed by atoms with Crippen molar-refractivity contribution < 1.29 is 4.79 Å². The summed E-state index contributed by atoms with van der Waals surface area (Å²) in [6.07, 6.45) is 0.999. The van der Waals surface area contributed by atoms with E-state index in [-0.39, 0.29) is 5.78 Å². The Bertz CT molecular complexity index is 629. The van der Waals surface area contributed by atoms with Crippen molar-refractivity contribution in [1.29, 1.82) is 0 Å². The quantitative estimate of drug-likeness (QED) is 0.705. The van der Waals surface area contributed by atoms with Crippen LogP contribution in [0, 0.1) is 12.8 Å². The molecule has 2 heteroatoms. The molecule has 104 valence electrons. The summed E-state index contributed by atoms with van der Waals surface area (Å²) in [5.74, 6) is 0.683. The predicted molar refractivity (Wildman–Crippen MR) is 87.3 cm³/mol. The van der Waals surface area contributed by atoms with Crippen molar-refractivity contribution in [2.24, 2.45) is 5.92 Å². The molecule has 0 aromatic heterocycles. The van der Waals surface area contributed by atoms with E-state index in [0.29, 0.717) is 5.92 Å². The molecule has 0 aliphatic heterocycles. The molecule has 0 N–H and O–H groups in total. The number of aryl methyl sites for hydroxylation is 1. The predicted octanol–water partition coefficient (Wildman–Crippen LogP) is 5.19. The van der Waals surface area contributed by atoms with Crippen LogP contribution in [0.5, 0.6) is 0 Å². The summed E-state index contributed by atoms with van der Waals surface area (Å²) in [5.41, 5.74) is 3.76. The van der Waals surface area contributed by atoms with Gasteiger partial charge in [-0.25, -0.2) is 0 Å². The Morgan fingerprint density at radius 3 is 2.60 bits per heavy atom. The van der Waals surface area contributed by atoms with Gasteiger partial charge < -0.3 is 0 Å². The minimum Gasteiger partial charge on any atom is -0.289 e. The number of hydrogen-bond donors (Lipinski definition) is 0. The van der Waals surface area contributed by atoms with Gasteiger partial charge in [-0.2, -0.15) is 0 Å². The molecule has 0 heterocycles. The molecule has 0 aliphatic rings. The molecule has 0 fully saturated rings. The van der Waals surface area contributed by atoms with Gasteiger partial charge in [0.05, 0.1) is 0 Å². The lowest BCUT2D eigenvalue weighted by atomic mass is 9.95. The largest absolute Gasteiger partial charge is 0.289 e. The molecule has 0 saturated carbocycles. The van der Waals surface area contributed by atoms with Crippen LogP contribution in [0.2, 0.25) is 0 Å². The zero-order valence-electron chi connectivity index (χ0n) is 12.1. The lowest BCUT2D eigenvalue weighted by Crippen LogP contribution is -2.05. The van der Waals surface area contributed by atoms with E-state index in [1.54, 1.807) is 0 Å². The maximum absolute atomic E-state index is 12.6. The van der Waals surface area contributed by atoms with Gasteiger partial charge in [0, 0.05) is 15.6 Å². The number of hydrogen-bond acceptors (Lipinski definition) is 1. The van der Waals surface area contributed by atoms with Gasteiger partial charge in [0.1, 0.15) is 0 Å². The van der Waals surface area contributed by atoms with Crippen LogP contribution in [0.25, 0.3) is 0 Å². The Morgan fingerprint density at radius 2 is 1.90 bits per heavy atom. The lowest BCUT2D eigenvalue weighted by Gasteiger charge is -2.09. The summed E-state index contributed by atoms with van der Waals surface area (Å²) >= 11 is 3.43. The minimum absolute atomic E-state index is 0.0920. The molecule has 2 aromatic rings. The molecule has 2 aromatic carbocycles. The van der Waals surface area contributed by atoms with Gasteiger partial charge in [-0.3, -0.25) is 4.79 Å². The molecule has 0 saturated heterocycles. The lowest BCUT2D eigenvalue weighted by molar-refractivity contribution is 0.103. The van der Waals surface area contributed by atoms with Gasteiger partial charge in [0.15, 0.2) is 5.78 Å². The number of rotatable bonds is 4. The van der Waals surface area contributed by atoms with Gasteiger partial charge in [0.2, 0.25) is 0 Å². The molecular weight excluding hydrogens is 312 g/mol. The molecule has 0 aliphatic carbocycles. The van der Waals surface area contributed by atoms with Crippen LogP contribution >= 0.6 is 15.9 Å². The van der Waals surface area contributed by atoms with E-state index in [9.17, 15) is 4.79 Å². The standard InChI is InChI=1S/C18H19BrO/c1-12(2)9-14-5-4-6-15(10-14)18(20)17-11-16(19)8-7-13(17)3/h4-8,10-12H,9H2,1-3H3. The fraction of sp³-hybridized carbons (Fsp3) is 0.278. The van der Waals surface area contributed by atoms with E-state index >= 15 is 0 Å². The van der Waals surface area contributed by atoms with Gasteiger partial charge in [-0.15, -0.1) is 0 Å². The molecule has 20 heavy (non-hydrogen) atoms. The Balaban J connectivity index is 2.35. The van der Waals surface area contributed by atoms with E-state index in [0.717, 1.165) is 27.6 Å². The average molecular weight is 331 g/mol. The summed E-state index contributed by atoms with van der Waals surface area (Å²) in [6, 6.07) is 13.8. The van der Waals surface area contributed by atoms with Crippen molar-refractivity contribution in [3.05, 3.63) is 69.2 Å². The van der Waals surface area contributed by atoms with Crippen molar-refractivity contribution >= 4 is 21.7 Å². The van der Waals surface area contributed by atoms with Crippen LogP contribution in [0.1, 0.15) is 40.9 Å². The first kappa shape index (κ1) is 15.0. The maximum atomic E-state index is 12.6. The van der Waals surface area contributed by atoms with Gasteiger partial charge in [0.25, 0.3) is 0 Å². The number of benzene rings is 2. The summed E-state index contributed by atoms with van der Waals surface area (Å²) in [7, 11) is 0. The van der Waals surface area contributed by atoms with Crippen LogP contribution in [0.15, 0.2) is 46.9 Å². The fourth-order valence-corrected chi connectivity index (χ4v) is 2.67. The van der Waals surface area contributed by atoms with Crippen molar-refractivity contribution in [2.45, 2.75) is 27.2 Å². The fourth-order valence-electron chi connectivity index (χ4n) is 2.31. The van der Waals surface area contributed by atoms with Gasteiger partial charge >= 0.3 is 0 Å². The van der Waals surface area contributed by atoms with Crippen molar-refractivity contribution in [1.82, 2.24) is 0 Å². The van der Waals surface area contributed by atoms with Crippen molar-refractivity contribution in [3.8, 4) is 0 Å². The third kappa shape index (κ3) is 3.57. The molecule has 0 atom stereocenters. The molecule has 0 radical (unpaired) electrons. The van der Waals surface area contributed by atoms with Crippen molar-refractivity contribution in [2.75, 3.05) is 0 Å². The van der Waals surface area contributed by atoms with E-state index in [1.165, 1.54) is 5.56 Å². The minimum atomic E-state index is 0.0920. The monoisotopic (exact) mass is 330 g/mol. The Morgan fingerprint density at radius 1 is 1.15 bits per heavy atom. The molecule has 0 bridgehead atoms. The third-order valence-electron chi connectivity index (χ3n) is 3.28. The smallest absolute Gasteiger partial charge is 0.193 e. The second-order valence-corrected chi connectivity index (χ2v) is 6.50. The first-order valence-corrected chi connectivity index (χ1v) is 7.66. The highest BCUT2D eigenvalue weighted by molar-refractivity contribution is 9.10. The first-order valence-electron chi connectivity index (χ1n) is 6.87. The maximum Gasteiger partial charge on any atom is 0.193 e. The third-order valence-corrected chi connectivity index (χ3v) is 3.77. The van der Waals surface area contributed by atoms with E-state index < -0.39 is 0 Å². The Hall–Kier alpha value is -1.41. The number of halogens is 1. The molecule has 0 unspecified atom stereocenters. The second-order valence-electron chi connectivity index (χ2n) is 5.59. The van der Waals surface area contributed by atoms with E-state index in [1.807, 2.05) is 43.3 Å². The molecule has 1 nitrogen and oxygen atoms in total. The van der Waals surface area contributed by atoms with Crippen LogP contribution in [0.3, 0.4) is 0 Å². The molecule has 0 amide bonds. The van der Waals surface area contributed by atoms with Gasteiger partial charge in [-0.05, 0) is 48.6 Å². The molecular formula is C18H19BrO. The topological polar surface area (TPSA) is 17.1 Å². The normalized spacial score (nSPS) is 10.8. The van der Waals surface area contributed by atoms with Crippen molar-refractivity contribution in [3.63, 3.8) is 0 Å². The average Bonchev–Trinajstić information content (AvgIpc) is 2.40. The zero-order valence-corrected chi connectivity index (χ0v) is 13.7. The number of carbonyl (C=O) groups is 1. The highest BCUT2D eigenvalue weighted by atomic mass is 79.9. The molecule has 0 spiro atoms. The van der Waals surface area contributed by atoms with Crippen LogP contribution in [-0.4, -0.2) is 5.78 Å². The van der Waals surface area contributed by atoms with Crippen LogP contribution < -0.4 is 0 Å². The van der Waals surface area contributed by atoms with Crippen LogP contribution in [0.4, 0.5) is 0 Å². The molecule has 2 rings (SSSR count). The highest BCUT2D eigenvalue weighted by Crippen LogP contribution is 2.20. The number of carbonyl (C=O) groups excluding carboxylic acids is 1. The summed E-state index contributed by atoms with van der Waals surface area (Å²) in [5, 5.41) is 0. The first-order chi connectivity index (χ1) is 9.47. The highest BCUT2D eigenvalue weighted by Gasteiger charge is 2.12. The zero-order chi connectivity index (χ0) is 14.7. The SMILES string of the molecule is Cc1ccc(Br)cc1C(=O)c1cccc(CC(C)C)c1. The Labute approximate surface area is 129 Å². The Kier molecular flexibility index (Phi) is 4.77. The second kappa shape index (κ2) is 6.36. The number of ketones is 1. The van der Waals surface area contributed by atoms with E-state index in [2.05, 4.69) is 35.8 Å². The summed E-state index contributed by atoms with van der Waals surface area (Å²) < 4.78 is 0.935. The van der Waals surface area contributed by atoms with E-state index in [4.69, 9.17) is 0 Å². The van der Waals surface area contributed by atoms with Gasteiger partial charge in [-0.1, -0.05) is 54.0 Å². The summed E-state index contributed by atoms with van der Waals surface area (Å²) in [4.78, 5) is 12.6.